The second-order valence-electron chi connectivity index (χ2n) is 8.39. The Morgan fingerprint density at radius 3 is 2.26 bits per heavy atom. The van der Waals surface area contributed by atoms with Crippen molar-refractivity contribution in [2.45, 2.75) is 45.2 Å². The van der Waals surface area contributed by atoms with Gasteiger partial charge < -0.3 is 10.2 Å². The zero-order valence-electron chi connectivity index (χ0n) is 19.6. The van der Waals surface area contributed by atoms with E-state index in [0.717, 1.165) is 24.0 Å². The van der Waals surface area contributed by atoms with Gasteiger partial charge in [0.1, 0.15) is 6.04 Å². The summed E-state index contributed by atoms with van der Waals surface area (Å²) < 4.78 is 0. The highest BCUT2D eigenvalue weighted by Gasteiger charge is 2.30. The summed E-state index contributed by atoms with van der Waals surface area (Å²) in [5.41, 5.74) is 2.46. The first kappa shape index (κ1) is 27.1. The zero-order chi connectivity index (χ0) is 25.2. The molecule has 0 unspecified atom stereocenters. The molecule has 0 saturated carbocycles. The van der Waals surface area contributed by atoms with Gasteiger partial charge in [-0.05, 0) is 41.3 Å². The van der Waals surface area contributed by atoms with Gasteiger partial charge in [0.2, 0.25) is 11.8 Å². The molecule has 7 heteroatoms. The number of nitrogens with zero attached hydrogens (tertiary/aromatic N) is 1. The average molecular weight is 532 g/mol. The number of unbranched alkanes of at least 4 members (excludes halogenated alkanes) is 1. The second-order valence-corrected chi connectivity index (χ2v) is 9.61. The van der Waals surface area contributed by atoms with Crippen molar-refractivity contribution in [3.8, 4) is 0 Å². The Labute approximate surface area is 222 Å². The van der Waals surface area contributed by atoms with Gasteiger partial charge in [0, 0.05) is 24.5 Å². The number of hydrogen-bond acceptors (Lipinski definition) is 2. The van der Waals surface area contributed by atoms with E-state index in [9.17, 15) is 9.59 Å². The van der Waals surface area contributed by atoms with Crippen LogP contribution in [-0.2, 0) is 29.0 Å². The Morgan fingerprint density at radius 2 is 1.57 bits per heavy atom. The van der Waals surface area contributed by atoms with E-state index in [2.05, 4.69) is 12.2 Å². The summed E-state index contributed by atoms with van der Waals surface area (Å²) in [6.45, 7) is 2.83. The van der Waals surface area contributed by atoms with Crippen LogP contribution in [0.1, 0.15) is 36.5 Å². The third kappa shape index (κ3) is 7.99. The number of carbonyl (C=O) groups excluding carboxylic acids is 2. The van der Waals surface area contributed by atoms with Crippen LogP contribution in [-0.4, -0.2) is 29.3 Å². The molecule has 35 heavy (non-hydrogen) atoms. The number of amides is 2. The second kappa shape index (κ2) is 13.5. The molecule has 0 aliphatic heterocycles. The monoisotopic (exact) mass is 530 g/mol. The molecular formula is C28H29Cl3N2O2. The molecule has 0 aromatic heterocycles. The first-order valence-corrected chi connectivity index (χ1v) is 12.8. The van der Waals surface area contributed by atoms with Gasteiger partial charge in [-0.15, -0.1) is 0 Å². The molecule has 0 heterocycles. The standard InChI is InChI=1S/C28H29Cl3N2O2/c1-2-3-15-32-28(35)26(17-20-9-5-4-6-10-20)33(19-21-13-14-24(30)25(31)16-21)27(34)18-22-11-7-8-12-23(22)29/h4-14,16,26H,2-3,15,17-19H2,1H3,(H,32,35)/t26-/m0/s1. The van der Waals surface area contributed by atoms with Crippen LogP contribution < -0.4 is 5.32 Å². The maximum Gasteiger partial charge on any atom is 0.243 e. The van der Waals surface area contributed by atoms with E-state index >= 15 is 0 Å². The summed E-state index contributed by atoms with van der Waals surface area (Å²) in [6, 6.07) is 21.5. The molecule has 0 bridgehead atoms. The van der Waals surface area contributed by atoms with Gasteiger partial charge in [-0.1, -0.05) is 103 Å². The van der Waals surface area contributed by atoms with E-state index in [-0.39, 0.29) is 24.8 Å². The molecule has 3 aromatic rings. The highest BCUT2D eigenvalue weighted by Crippen LogP contribution is 2.25. The summed E-state index contributed by atoms with van der Waals surface area (Å²) in [5, 5.41) is 4.36. The van der Waals surface area contributed by atoms with E-state index < -0.39 is 6.04 Å². The molecule has 0 fully saturated rings. The molecule has 184 valence electrons. The number of benzene rings is 3. The van der Waals surface area contributed by atoms with E-state index in [4.69, 9.17) is 34.8 Å². The van der Waals surface area contributed by atoms with Crippen molar-refractivity contribution in [3.05, 3.63) is 105 Å². The fourth-order valence-corrected chi connectivity index (χ4v) is 4.32. The minimum Gasteiger partial charge on any atom is -0.354 e. The maximum absolute atomic E-state index is 13.7. The van der Waals surface area contributed by atoms with Crippen molar-refractivity contribution in [2.24, 2.45) is 0 Å². The van der Waals surface area contributed by atoms with Gasteiger partial charge in [-0.3, -0.25) is 9.59 Å². The van der Waals surface area contributed by atoms with Crippen molar-refractivity contribution >= 4 is 46.6 Å². The van der Waals surface area contributed by atoms with Gasteiger partial charge >= 0.3 is 0 Å². The molecule has 3 rings (SSSR count). The lowest BCUT2D eigenvalue weighted by atomic mass is 10.0. The van der Waals surface area contributed by atoms with Gasteiger partial charge in [0.15, 0.2) is 0 Å². The molecule has 0 aliphatic carbocycles. The van der Waals surface area contributed by atoms with Gasteiger partial charge in [-0.25, -0.2) is 0 Å². The van der Waals surface area contributed by atoms with Crippen molar-refractivity contribution in [1.82, 2.24) is 10.2 Å². The predicted molar refractivity (Wildman–Crippen MR) is 144 cm³/mol. The molecule has 0 radical (unpaired) electrons. The number of halogens is 3. The fourth-order valence-electron chi connectivity index (χ4n) is 3.80. The van der Waals surface area contributed by atoms with Crippen LogP contribution in [0.15, 0.2) is 72.8 Å². The van der Waals surface area contributed by atoms with E-state index in [1.165, 1.54) is 0 Å². The Balaban J connectivity index is 1.97. The molecule has 0 aliphatic rings. The summed E-state index contributed by atoms with van der Waals surface area (Å²) in [5.74, 6) is -0.384. The van der Waals surface area contributed by atoms with Gasteiger partial charge in [0.25, 0.3) is 0 Å². The molecule has 0 spiro atoms. The van der Waals surface area contributed by atoms with Crippen molar-refractivity contribution in [3.63, 3.8) is 0 Å². The lowest BCUT2D eigenvalue weighted by molar-refractivity contribution is -0.140. The van der Waals surface area contributed by atoms with Crippen LogP contribution >= 0.6 is 34.8 Å². The number of carbonyl (C=O) groups is 2. The van der Waals surface area contributed by atoms with Crippen LogP contribution in [0.5, 0.6) is 0 Å². The Morgan fingerprint density at radius 1 is 0.857 bits per heavy atom. The van der Waals surface area contributed by atoms with Crippen molar-refractivity contribution in [1.29, 1.82) is 0 Å². The van der Waals surface area contributed by atoms with Crippen LogP contribution in [0.2, 0.25) is 15.1 Å². The van der Waals surface area contributed by atoms with E-state index in [0.29, 0.717) is 33.6 Å². The number of rotatable bonds is 11. The Hall–Kier alpha value is -2.53. The quantitative estimate of drug-likeness (QED) is 0.278. The molecule has 2 amide bonds. The topological polar surface area (TPSA) is 49.4 Å². The maximum atomic E-state index is 13.7. The van der Waals surface area contributed by atoms with Crippen LogP contribution in [0.3, 0.4) is 0 Å². The predicted octanol–water partition coefficient (Wildman–Crippen LogP) is 6.75. The highest BCUT2D eigenvalue weighted by atomic mass is 35.5. The number of nitrogens with one attached hydrogen (secondary N) is 1. The molecule has 1 atom stereocenters. The zero-order valence-corrected chi connectivity index (χ0v) is 21.9. The first-order chi connectivity index (χ1) is 16.9. The Bertz CT molecular complexity index is 1140. The Kier molecular flexibility index (Phi) is 10.5. The SMILES string of the molecule is CCCCNC(=O)[C@H](Cc1ccccc1)N(Cc1ccc(Cl)c(Cl)c1)C(=O)Cc1ccccc1Cl. The van der Waals surface area contributed by atoms with Gasteiger partial charge in [-0.2, -0.15) is 0 Å². The molecule has 4 nitrogen and oxygen atoms in total. The summed E-state index contributed by atoms with van der Waals surface area (Å²) in [6.07, 6.45) is 2.29. The fraction of sp³-hybridized carbons (Fsp3) is 0.286. The van der Waals surface area contributed by atoms with Crippen LogP contribution in [0.4, 0.5) is 0 Å². The third-order valence-corrected chi connectivity index (χ3v) is 6.84. The minimum atomic E-state index is -0.710. The number of hydrogen-bond donors (Lipinski definition) is 1. The molecular weight excluding hydrogens is 503 g/mol. The van der Waals surface area contributed by atoms with E-state index in [1.54, 1.807) is 23.1 Å². The smallest absolute Gasteiger partial charge is 0.243 e. The van der Waals surface area contributed by atoms with Gasteiger partial charge in [0.05, 0.1) is 16.5 Å². The van der Waals surface area contributed by atoms with Crippen LogP contribution in [0, 0.1) is 0 Å². The molecule has 1 N–H and O–H groups in total. The van der Waals surface area contributed by atoms with E-state index in [1.807, 2.05) is 54.6 Å². The highest BCUT2D eigenvalue weighted by molar-refractivity contribution is 6.42. The van der Waals surface area contributed by atoms with Crippen molar-refractivity contribution in [2.75, 3.05) is 6.54 Å². The average Bonchev–Trinajstić information content (AvgIpc) is 2.85. The largest absolute Gasteiger partial charge is 0.354 e. The first-order valence-electron chi connectivity index (χ1n) is 11.7. The summed E-state index contributed by atoms with van der Waals surface area (Å²) in [4.78, 5) is 28.8. The minimum absolute atomic E-state index is 0.0779. The molecule has 0 saturated heterocycles. The van der Waals surface area contributed by atoms with Crippen LogP contribution in [0.25, 0.3) is 0 Å². The lowest BCUT2D eigenvalue weighted by Gasteiger charge is -2.32. The van der Waals surface area contributed by atoms with Crippen molar-refractivity contribution < 1.29 is 9.59 Å². The summed E-state index contributed by atoms with van der Waals surface area (Å²) in [7, 11) is 0. The lowest BCUT2D eigenvalue weighted by Crippen LogP contribution is -2.51. The summed E-state index contributed by atoms with van der Waals surface area (Å²) >= 11 is 18.7. The molecule has 3 aromatic carbocycles. The third-order valence-electron chi connectivity index (χ3n) is 5.74. The normalized spacial score (nSPS) is 11.7.